The van der Waals surface area contributed by atoms with E-state index >= 15 is 0 Å². The minimum Gasteiger partial charge on any atom is -0.481 e. The minimum absolute atomic E-state index is 0.0598. The first-order chi connectivity index (χ1) is 11.4. The molecule has 1 unspecified atom stereocenters. The molecule has 1 aromatic carbocycles. The van der Waals surface area contributed by atoms with Crippen molar-refractivity contribution in [3.8, 4) is 11.6 Å². The van der Waals surface area contributed by atoms with E-state index in [-0.39, 0.29) is 5.75 Å². The van der Waals surface area contributed by atoms with Crippen LogP contribution in [0.2, 0.25) is 0 Å². The number of aliphatic hydroxyl groups excluding tert-OH is 1. The predicted molar refractivity (Wildman–Crippen MR) is 84.2 cm³/mol. The summed E-state index contributed by atoms with van der Waals surface area (Å²) in [6, 6.07) is 5.91. The zero-order valence-electron chi connectivity index (χ0n) is 13.8. The Balaban J connectivity index is 1.90. The van der Waals surface area contributed by atoms with Crippen LogP contribution in [0.15, 0.2) is 24.3 Å². The second kappa shape index (κ2) is 8.07. The van der Waals surface area contributed by atoms with Crippen molar-refractivity contribution >= 4 is 0 Å². The van der Waals surface area contributed by atoms with Crippen molar-refractivity contribution in [3.05, 3.63) is 41.1 Å². The lowest BCUT2D eigenvalue weighted by Gasteiger charge is -2.13. The summed E-state index contributed by atoms with van der Waals surface area (Å²) in [6.07, 6.45) is -0.770. The number of aliphatic hydroxyl groups is 1. The Hall–Kier alpha value is -2.19. The molecule has 2 aromatic rings. The van der Waals surface area contributed by atoms with Crippen LogP contribution >= 0.6 is 0 Å². The molecule has 0 saturated carbocycles. The minimum atomic E-state index is -2.86. The Morgan fingerprint density at radius 2 is 1.96 bits per heavy atom. The number of nitrogens with one attached hydrogen (secondary N) is 1. The van der Waals surface area contributed by atoms with Crippen molar-refractivity contribution in [2.45, 2.75) is 26.2 Å². The summed E-state index contributed by atoms with van der Waals surface area (Å²) in [5, 5.41) is 17.6. The van der Waals surface area contributed by atoms with Gasteiger partial charge in [0.15, 0.2) is 0 Å². The second-order valence-electron chi connectivity index (χ2n) is 5.29. The van der Waals surface area contributed by atoms with Crippen molar-refractivity contribution in [1.29, 1.82) is 0 Å². The summed E-state index contributed by atoms with van der Waals surface area (Å²) < 4.78 is 35.4. The van der Waals surface area contributed by atoms with Crippen molar-refractivity contribution < 1.29 is 23.4 Å². The maximum atomic E-state index is 12.1. The van der Waals surface area contributed by atoms with Crippen LogP contribution in [0.25, 0.3) is 0 Å². The average Bonchev–Trinajstić information content (AvgIpc) is 2.80. The van der Waals surface area contributed by atoms with Crippen LogP contribution in [0.3, 0.4) is 0 Å². The maximum absolute atomic E-state index is 12.1. The monoisotopic (exact) mass is 341 g/mol. The molecule has 0 radical (unpaired) electrons. The Labute approximate surface area is 139 Å². The van der Waals surface area contributed by atoms with Crippen molar-refractivity contribution in [1.82, 2.24) is 15.1 Å². The van der Waals surface area contributed by atoms with Gasteiger partial charge in [0.1, 0.15) is 5.75 Å². The lowest BCUT2D eigenvalue weighted by molar-refractivity contribution is -0.0498. The van der Waals surface area contributed by atoms with E-state index in [1.165, 1.54) is 12.1 Å². The smallest absolute Gasteiger partial charge is 0.387 e. The molecule has 2 rings (SSSR count). The molecular formula is C16H21F2N3O3. The van der Waals surface area contributed by atoms with Crippen molar-refractivity contribution in [2.75, 3.05) is 13.7 Å². The Kier molecular flexibility index (Phi) is 6.10. The predicted octanol–water partition coefficient (Wildman–Crippen LogP) is 2.16. The third-order valence-corrected chi connectivity index (χ3v) is 3.61. The third-order valence-electron chi connectivity index (χ3n) is 3.61. The fourth-order valence-electron chi connectivity index (χ4n) is 2.46. The number of aromatic nitrogens is 2. The number of ether oxygens (including phenoxy) is 2. The zero-order valence-corrected chi connectivity index (χ0v) is 13.8. The highest BCUT2D eigenvalue weighted by Gasteiger charge is 2.14. The summed E-state index contributed by atoms with van der Waals surface area (Å²) in [4.78, 5) is 0. The number of alkyl halides is 2. The Bertz CT molecular complexity index is 659. The fourth-order valence-corrected chi connectivity index (χ4v) is 2.46. The fraction of sp³-hybridized carbons (Fsp3) is 0.438. The molecule has 0 amide bonds. The highest BCUT2D eigenvalue weighted by Crippen LogP contribution is 2.22. The standard InChI is InChI=1S/C16H21F2N3O3/c1-10-13(15(23-3)21(2)20-10)8-19-9-14(22)11-4-6-12(7-5-11)24-16(17)18/h4-7,14,16,19,22H,8-9H2,1-3H3. The lowest BCUT2D eigenvalue weighted by atomic mass is 10.1. The molecule has 2 N–H and O–H groups in total. The molecule has 0 aliphatic rings. The summed E-state index contributed by atoms with van der Waals surface area (Å²) in [7, 11) is 3.38. The normalized spacial score (nSPS) is 12.5. The van der Waals surface area contributed by atoms with Gasteiger partial charge in [-0.25, -0.2) is 4.68 Å². The zero-order chi connectivity index (χ0) is 17.7. The number of benzene rings is 1. The molecule has 0 saturated heterocycles. The third kappa shape index (κ3) is 4.42. The van der Waals surface area contributed by atoms with Gasteiger partial charge in [0.2, 0.25) is 5.88 Å². The summed E-state index contributed by atoms with van der Waals surface area (Å²) in [5.41, 5.74) is 2.39. The molecule has 0 aliphatic heterocycles. The molecule has 8 heteroatoms. The number of hydrogen-bond donors (Lipinski definition) is 2. The molecule has 1 atom stereocenters. The van der Waals surface area contributed by atoms with Gasteiger partial charge in [-0.1, -0.05) is 12.1 Å². The average molecular weight is 341 g/mol. The number of aryl methyl sites for hydroxylation is 2. The van der Waals surface area contributed by atoms with Gasteiger partial charge >= 0.3 is 6.61 Å². The van der Waals surface area contributed by atoms with Crippen LogP contribution in [0.4, 0.5) is 8.78 Å². The number of rotatable bonds is 8. The van der Waals surface area contributed by atoms with E-state index in [0.717, 1.165) is 11.3 Å². The first-order valence-corrected chi connectivity index (χ1v) is 7.42. The second-order valence-corrected chi connectivity index (χ2v) is 5.29. The molecular weight excluding hydrogens is 320 g/mol. The van der Waals surface area contributed by atoms with Crippen molar-refractivity contribution in [3.63, 3.8) is 0 Å². The number of halogens is 2. The molecule has 0 spiro atoms. The van der Waals surface area contributed by atoms with E-state index in [1.807, 2.05) is 6.92 Å². The van der Waals surface area contributed by atoms with Gasteiger partial charge in [0, 0.05) is 20.1 Å². The van der Waals surface area contributed by atoms with Gasteiger partial charge in [-0.2, -0.15) is 13.9 Å². The number of hydrogen-bond acceptors (Lipinski definition) is 5. The number of nitrogens with zero attached hydrogens (tertiary/aromatic N) is 2. The summed E-state index contributed by atoms with van der Waals surface area (Å²) in [5.74, 6) is 0.729. The Morgan fingerprint density at radius 3 is 2.54 bits per heavy atom. The van der Waals surface area contributed by atoms with E-state index in [0.29, 0.717) is 24.5 Å². The molecule has 0 fully saturated rings. The largest absolute Gasteiger partial charge is 0.481 e. The van der Waals surface area contributed by atoms with Gasteiger partial charge in [0.05, 0.1) is 24.5 Å². The molecule has 1 aromatic heterocycles. The molecule has 1 heterocycles. The van der Waals surface area contributed by atoms with Crippen LogP contribution in [0, 0.1) is 6.92 Å². The SMILES string of the molecule is COc1c(CNCC(O)c2ccc(OC(F)F)cc2)c(C)nn1C. The van der Waals surface area contributed by atoms with Crippen LogP contribution in [0.5, 0.6) is 11.6 Å². The van der Waals surface area contributed by atoms with Crippen LogP contribution in [-0.4, -0.2) is 35.2 Å². The molecule has 6 nitrogen and oxygen atoms in total. The molecule has 132 valence electrons. The number of methoxy groups -OCH3 is 1. The molecule has 24 heavy (non-hydrogen) atoms. The first-order valence-electron chi connectivity index (χ1n) is 7.42. The summed E-state index contributed by atoms with van der Waals surface area (Å²) in [6.45, 7) is -0.184. The Morgan fingerprint density at radius 1 is 1.29 bits per heavy atom. The van der Waals surface area contributed by atoms with Crippen LogP contribution < -0.4 is 14.8 Å². The maximum Gasteiger partial charge on any atom is 0.387 e. The van der Waals surface area contributed by atoms with Crippen molar-refractivity contribution in [2.24, 2.45) is 7.05 Å². The van der Waals surface area contributed by atoms with Gasteiger partial charge in [-0.3, -0.25) is 0 Å². The van der Waals surface area contributed by atoms with Gasteiger partial charge in [-0.15, -0.1) is 0 Å². The van der Waals surface area contributed by atoms with Crippen LogP contribution in [0.1, 0.15) is 22.9 Å². The first kappa shape index (κ1) is 18.2. The van der Waals surface area contributed by atoms with E-state index in [2.05, 4.69) is 15.2 Å². The van der Waals surface area contributed by atoms with Gasteiger partial charge in [0.25, 0.3) is 0 Å². The topological polar surface area (TPSA) is 68.5 Å². The molecule has 0 aliphatic carbocycles. The van der Waals surface area contributed by atoms with E-state index in [9.17, 15) is 13.9 Å². The van der Waals surface area contributed by atoms with Gasteiger partial charge in [-0.05, 0) is 24.6 Å². The highest BCUT2D eigenvalue weighted by molar-refractivity contribution is 5.31. The highest BCUT2D eigenvalue weighted by atomic mass is 19.3. The van der Waals surface area contributed by atoms with Gasteiger partial charge < -0.3 is 19.9 Å². The van der Waals surface area contributed by atoms with E-state index < -0.39 is 12.7 Å². The lowest BCUT2D eigenvalue weighted by Crippen LogP contribution is -2.21. The van der Waals surface area contributed by atoms with E-state index in [1.54, 1.807) is 31.0 Å². The summed E-state index contributed by atoms with van der Waals surface area (Å²) >= 11 is 0. The van der Waals surface area contributed by atoms with E-state index in [4.69, 9.17) is 4.74 Å². The quantitative estimate of drug-likeness (QED) is 0.770. The molecule has 0 bridgehead atoms. The van der Waals surface area contributed by atoms with Crippen LogP contribution in [-0.2, 0) is 13.6 Å².